The molecule has 0 aromatic rings. The molecule has 1 aliphatic heterocycles. The SMILES string of the molecule is CC(CC1CCCCCN1)NCCF. The lowest BCUT2D eigenvalue weighted by Crippen LogP contribution is -2.37. The van der Waals surface area contributed by atoms with Crippen molar-refractivity contribution in [2.75, 3.05) is 19.8 Å². The zero-order valence-corrected chi connectivity index (χ0v) is 9.19. The molecule has 2 atom stereocenters. The Bertz CT molecular complexity index is 133. The Kier molecular flexibility index (Phi) is 6.12. The van der Waals surface area contributed by atoms with Crippen LogP contribution in [0.3, 0.4) is 0 Å². The third-order valence-corrected chi connectivity index (χ3v) is 2.89. The van der Waals surface area contributed by atoms with E-state index in [1.807, 2.05) is 0 Å². The molecule has 14 heavy (non-hydrogen) atoms. The van der Waals surface area contributed by atoms with Crippen LogP contribution in [0.1, 0.15) is 39.0 Å². The molecule has 1 fully saturated rings. The van der Waals surface area contributed by atoms with Gasteiger partial charge in [-0.1, -0.05) is 12.8 Å². The smallest absolute Gasteiger partial charge is 0.102 e. The lowest BCUT2D eigenvalue weighted by atomic mass is 10.0. The molecule has 0 radical (unpaired) electrons. The van der Waals surface area contributed by atoms with Crippen molar-refractivity contribution >= 4 is 0 Å². The molecule has 0 saturated carbocycles. The van der Waals surface area contributed by atoms with Gasteiger partial charge in [0.15, 0.2) is 0 Å². The number of hydrogen-bond donors (Lipinski definition) is 2. The average Bonchev–Trinajstić information content (AvgIpc) is 2.43. The van der Waals surface area contributed by atoms with E-state index in [0.717, 1.165) is 13.0 Å². The van der Waals surface area contributed by atoms with E-state index in [0.29, 0.717) is 18.6 Å². The van der Waals surface area contributed by atoms with Gasteiger partial charge in [-0.05, 0) is 32.7 Å². The minimum atomic E-state index is -0.261. The van der Waals surface area contributed by atoms with E-state index >= 15 is 0 Å². The van der Waals surface area contributed by atoms with Crippen LogP contribution in [0, 0.1) is 0 Å². The van der Waals surface area contributed by atoms with E-state index < -0.39 is 0 Å². The van der Waals surface area contributed by atoms with Crippen molar-refractivity contribution < 1.29 is 4.39 Å². The largest absolute Gasteiger partial charge is 0.314 e. The molecule has 1 heterocycles. The van der Waals surface area contributed by atoms with Crippen molar-refractivity contribution in [2.45, 2.75) is 51.1 Å². The van der Waals surface area contributed by atoms with Gasteiger partial charge in [0.05, 0.1) is 0 Å². The minimum Gasteiger partial charge on any atom is -0.314 e. The minimum absolute atomic E-state index is 0.261. The maximum atomic E-state index is 11.9. The first-order chi connectivity index (χ1) is 6.83. The van der Waals surface area contributed by atoms with Crippen LogP contribution in [0.5, 0.6) is 0 Å². The first-order valence-corrected chi connectivity index (χ1v) is 5.85. The Hall–Kier alpha value is -0.150. The van der Waals surface area contributed by atoms with Crippen molar-refractivity contribution in [1.82, 2.24) is 10.6 Å². The number of rotatable bonds is 5. The highest BCUT2D eigenvalue weighted by molar-refractivity contribution is 4.75. The fourth-order valence-corrected chi connectivity index (χ4v) is 2.11. The van der Waals surface area contributed by atoms with Crippen LogP contribution in [0.25, 0.3) is 0 Å². The zero-order valence-electron chi connectivity index (χ0n) is 9.19. The number of alkyl halides is 1. The summed E-state index contributed by atoms with van der Waals surface area (Å²) in [6, 6.07) is 1.07. The van der Waals surface area contributed by atoms with E-state index in [2.05, 4.69) is 17.6 Å². The average molecular weight is 202 g/mol. The molecule has 1 aliphatic rings. The molecule has 0 aliphatic carbocycles. The highest BCUT2D eigenvalue weighted by atomic mass is 19.1. The monoisotopic (exact) mass is 202 g/mol. The summed E-state index contributed by atoms with van der Waals surface area (Å²) in [4.78, 5) is 0. The molecular weight excluding hydrogens is 179 g/mol. The highest BCUT2D eigenvalue weighted by Gasteiger charge is 2.14. The lowest BCUT2D eigenvalue weighted by Gasteiger charge is -2.20. The van der Waals surface area contributed by atoms with Gasteiger partial charge in [0, 0.05) is 18.6 Å². The van der Waals surface area contributed by atoms with Crippen LogP contribution in [-0.2, 0) is 0 Å². The summed E-state index contributed by atoms with van der Waals surface area (Å²) >= 11 is 0. The number of nitrogens with one attached hydrogen (secondary N) is 2. The Balaban J connectivity index is 2.13. The molecule has 3 heteroatoms. The molecule has 0 aromatic carbocycles. The standard InChI is InChI=1S/C11H23FN2/c1-10(13-8-6-12)9-11-5-3-2-4-7-14-11/h10-11,13-14H,2-9H2,1H3. The summed E-state index contributed by atoms with van der Waals surface area (Å²) in [5.41, 5.74) is 0. The number of hydrogen-bond acceptors (Lipinski definition) is 2. The fraction of sp³-hybridized carbons (Fsp3) is 1.00. The number of halogens is 1. The molecule has 0 amide bonds. The summed E-state index contributed by atoms with van der Waals surface area (Å²) in [7, 11) is 0. The molecule has 0 aromatic heterocycles. The summed E-state index contributed by atoms with van der Waals surface area (Å²) < 4.78 is 11.9. The van der Waals surface area contributed by atoms with Crippen LogP contribution in [-0.4, -0.2) is 31.8 Å². The topological polar surface area (TPSA) is 24.1 Å². The van der Waals surface area contributed by atoms with E-state index in [-0.39, 0.29) is 6.67 Å². The van der Waals surface area contributed by atoms with Crippen LogP contribution in [0.4, 0.5) is 4.39 Å². The van der Waals surface area contributed by atoms with Gasteiger partial charge in [-0.2, -0.15) is 0 Å². The van der Waals surface area contributed by atoms with Gasteiger partial charge in [-0.15, -0.1) is 0 Å². The Morgan fingerprint density at radius 2 is 2.29 bits per heavy atom. The van der Waals surface area contributed by atoms with Gasteiger partial charge in [0.2, 0.25) is 0 Å². The summed E-state index contributed by atoms with van der Waals surface area (Å²) in [5.74, 6) is 0. The van der Waals surface area contributed by atoms with Crippen LogP contribution in [0.2, 0.25) is 0 Å². The molecule has 2 nitrogen and oxygen atoms in total. The molecule has 2 unspecified atom stereocenters. The molecule has 1 rings (SSSR count). The van der Waals surface area contributed by atoms with Gasteiger partial charge in [-0.25, -0.2) is 4.39 Å². The van der Waals surface area contributed by atoms with Crippen molar-refractivity contribution in [1.29, 1.82) is 0 Å². The van der Waals surface area contributed by atoms with E-state index in [9.17, 15) is 4.39 Å². The third-order valence-electron chi connectivity index (χ3n) is 2.89. The Labute approximate surface area is 86.6 Å². The maximum Gasteiger partial charge on any atom is 0.102 e. The Morgan fingerprint density at radius 3 is 3.07 bits per heavy atom. The predicted molar refractivity (Wildman–Crippen MR) is 58.3 cm³/mol. The summed E-state index contributed by atoms with van der Waals surface area (Å²) in [6.45, 7) is 3.53. The second kappa shape index (κ2) is 7.18. The van der Waals surface area contributed by atoms with Crippen molar-refractivity contribution in [3.8, 4) is 0 Å². The molecule has 0 bridgehead atoms. The van der Waals surface area contributed by atoms with Gasteiger partial charge in [-0.3, -0.25) is 0 Å². The quantitative estimate of drug-likeness (QED) is 0.711. The van der Waals surface area contributed by atoms with Gasteiger partial charge in [0.1, 0.15) is 6.67 Å². The second-order valence-electron chi connectivity index (χ2n) is 4.28. The van der Waals surface area contributed by atoms with Crippen molar-refractivity contribution in [3.63, 3.8) is 0 Å². The molecule has 84 valence electrons. The molecular formula is C11H23FN2. The van der Waals surface area contributed by atoms with Crippen LogP contribution < -0.4 is 10.6 Å². The fourth-order valence-electron chi connectivity index (χ4n) is 2.11. The van der Waals surface area contributed by atoms with Gasteiger partial charge in [0.25, 0.3) is 0 Å². The summed E-state index contributed by atoms with van der Waals surface area (Å²) in [5, 5.41) is 6.74. The highest BCUT2D eigenvalue weighted by Crippen LogP contribution is 2.12. The molecule has 1 saturated heterocycles. The van der Waals surface area contributed by atoms with Gasteiger partial charge < -0.3 is 10.6 Å². The summed E-state index contributed by atoms with van der Waals surface area (Å²) in [6.07, 6.45) is 6.41. The lowest BCUT2D eigenvalue weighted by molar-refractivity contribution is 0.382. The normalized spacial score (nSPS) is 25.7. The zero-order chi connectivity index (χ0) is 10.2. The van der Waals surface area contributed by atoms with E-state index in [1.165, 1.54) is 25.7 Å². The van der Waals surface area contributed by atoms with Crippen molar-refractivity contribution in [2.24, 2.45) is 0 Å². The van der Waals surface area contributed by atoms with E-state index in [4.69, 9.17) is 0 Å². The third kappa shape index (κ3) is 4.91. The van der Waals surface area contributed by atoms with Crippen molar-refractivity contribution in [3.05, 3.63) is 0 Å². The second-order valence-corrected chi connectivity index (χ2v) is 4.28. The van der Waals surface area contributed by atoms with Gasteiger partial charge >= 0.3 is 0 Å². The molecule has 0 spiro atoms. The molecule has 2 N–H and O–H groups in total. The maximum absolute atomic E-state index is 11.9. The predicted octanol–water partition coefficient (Wildman–Crippen LogP) is 1.86. The van der Waals surface area contributed by atoms with Crippen LogP contribution >= 0.6 is 0 Å². The first kappa shape index (κ1) is 11.9. The first-order valence-electron chi connectivity index (χ1n) is 5.85. The Morgan fingerprint density at radius 1 is 1.43 bits per heavy atom. The van der Waals surface area contributed by atoms with E-state index in [1.54, 1.807) is 0 Å². The van der Waals surface area contributed by atoms with Crippen LogP contribution in [0.15, 0.2) is 0 Å².